The van der Waals surface area contributed by atoms with Crippen LogP contribution in [0.2, 0.25) is 0 Å². The van der Waals surface area contributed by atoms with Crippen molar-refractivity contribution in [1.82, 2.24) is 5.32 Å². The molecular weight excluding hydrogens is 254 g/mol. The van der Waals surface area contributed by atoms with Gasteiger partial charge in [0.05, 0.1) is 19.3 Å². The minimum Gasteiger partial charge on any atom is -0.389 e. The van der Waals surface area contributed by atoms with Crippen LogP contribution in [-0.2, 0) is 11.3 Å². The first kappa shape index (κ1) is 15.0. The van der Waals surface area contributed by atoms with E-state index in [2.05, 4.69) is 11.6 Å². The SMILES string of the molecule is CSCCCNCC(O)COCc1cccs1. The van der Waals surface area contributed by atoms with E-state index in [1.807, 2.05) is 29.3 Å². The molecule has 1 aromatic rings. The summed E-state index contributed by atoms with van der Waals surface area (Å²) in [5, 5.41) is 14.9. The van der Waals surface area contributed by atoms with Gasteiger partial charge in [0, 0.05) is 11.4 Å². The number of thiophene rings is 1. The Morgan fingerprint density at radius 1 is 1.59 bits per heavy atom. The van der Waals surface area contributed by atoms with Crippen LogP contribution in [-0.4, -0.2) is 42.9 Å². The summed E-state index contributed by atoms with van der Waals surface area (Å²) >= 11 is 3.52. The highest BCUT2D eigenvalue weighted by Crippen LogP contribution is 2.09. The van der Waals surface area contributed by atoms with Gasteiger partial charge in [-0.15, -0.1) is 11.3 Å². The summed E-state index contributed by atoms with van der Waals surface area (Å²) in [6, 6.07) is 4.05. The fourth-order valence-corrected chi connectivity index (χ4v) is 2.43. The molecule has 98 valence electrons. The van der Waals surface area contributed by atoms with Crippen molar-refractivity contribution < 1.29 is 9.84 Å². The van der Waals surface area contributed by atoms with Gasteiger partial charge in [0.2, 0.25) is 0 Å². The topological polar surface area (TPSA) is 41.5 Å². The average Bonchev–Trinajstić information content (AvgIpc) is 2.82. The molecule has 2 N–H and O–H groups in total. The lowest BCUT2D eigenvalue weighted by molar-refractivity contribution is 0.0300. The van der Waals surface area contributed by atoms with Crippen molar-refractivity contribution in [3.63, 3.8) is 0 Å². The van der Waals surface area contributed by atoms with Crippen molar-refractivity contribution in [1.29, 1.82) is 0 Å². The second-order valence-corrected chi connectivity index (χ2v) is 5.82. The van der Waals surface area contributed by atoms with E-state index in [4.69, 9.17) is 4.74 Å². The molecule has 0 saturated carbocycles. The van der Waals surface area contributed by atoms with Gasteiger partial charge in [0.15, 0.2) is 0 Å². The minimum atomic E-state index is -0.413. The Labute approximate surface area is 112 Å². The van der Waals surface area contributed by atoms with Crippen LogP contribution in [0.5, 0.6) is 0 Å². The number of aliphatic hydroxyl groups excluding tert-OH is 1. The number of rotatable bonds is 10. The fraction of sp³-hybridized carbons (Fsp3) is 0.667. The maximum Gasteiger partial charge on any atom is 0.0897 e. The molecule has 0 spiro atoms. The lowest BCUT2D eigenvalue weighted by Crippen LogP contribution is -2.31. The Morgan fingerprint density at radius 2 is 2.47 bits per heavy atom. The van der Waals surface area contributed by atoms with E-state index in [9.17, 15) is 5.11 Å². The molecule has 1 rings (SSSR count). The lowest BCUT2D eigenvalue weighted by Gasteiger charge is -2.11. The highest BCUT2D eigenvalue weighted by molar-refractivity contribution is 7.98. The van der Waals surface area contributed by atoms with Crippen LogP contribution in [0.1, 0.15) is 11.3 Å². The third-order valence-electron chi connectivity index (χ3n) is 2.22. The number of ether oxygens (including phenoxy) is 1. The van der Waals surface area contributed by atoms with Gasteiger partial charge in [-0.1, -0.05) is 6.07 Å². The molecule has 0 fully saturated rings. The summed E-state index contributed by atoms with van der Waals surface area (Å²) in [5.41, 5.74) is 0. The molecule has 1 aromatic heterocycles. The summed E-state index contributed by atoms with van der Waals surface area (Å²) in [4.78, 5) is 1.20. The molecule has 1 atom stereocenters. The average molecular weight is 275 g/mol. The Bertz CT molecular complexity index is 267. The van der Waals surface area contributed by atoms with E-state index in [1.165, 1.54) is 4.88 Å². The summed E-state index contributed by atoms with van der Waals surface area (Å²) in [5.74, 6) is 1.16. The molecular formula is C12H21NO2S2. The van der Waals surface area contributed by atoms with Crippen LogP contribution in [0.4, 0.5) is 0 Å². The largest absolute Gasteiger partial charge is 0.389 e. The van der Waals surface area contributed by atoms with E-state index in [1.54, 1.807) is 11.3 Å². The normalized spacial score (nSPS) is 12.8. The molecule has 3 nitrogen and oxygen atoms in total. The lowest BCUT2D eigenvalue weighted by atomic mass is 10.3. The molecule has 0 saturated heterocycles. The highest BCUT2D eigenvalue weighted by Gasteiger charge is 2.03. The molecule has 0 aromatic carbocycles. The van der Waals surface area contributed by atoms with Crippen LogP contribution in [0.15, 0.2) is 17.5 Å². The van der Waals surface area contributed by atoms with Gasteiger partial charge in [-0.25, -0.2) is 0 Å². The smallest absolute Gasteiger partial charge is 0.0897 e. The quantitative estimate of drug-likeness (QED) is 0.641. The van der Waals surface area contributed by atoms with Gasteiger partial charge in [-0.3, -0.25) is 0 Å². The summed E-state index contributed by atoms with van der Waals surface area (Å²) < 4.78 is 5.43. The fourth-order valence-electron chi connectivity index (χ4n) is 1.36. The Morgan fingerprint density at radius 3 is 3.18 bits per heavy atom. The summed E-state index contributed by atoms with van der Waals surface area (Å²) in [6.07, 6.45) is 2.83. The van der Waals surface area contributed by atoms with Crippen LogP contribution < -0.4 is 5.32 Å². The molecule has 1 unspecified atom stereocenters. The van der Waals surface area contributed by atoms with Crippen molar-refractivity contribution in [3.8, 4) is 0 Å². The maximum absolute atomic E-state index is 9.65. The zero-order chi connectivity index (χ0) is 12.3. The number of hydrogen-bond acceptors (Lipinski definition) is 5. The predicted molar refractivity (Wildman–Crippen MR) is 75.9 cm³/mol. The van der Waals surface area contributed by atoms with Crippen LogP contribution >= 0.6 is 23.1 Å². The van der Waals surface area contributed by atoms with Gasteiger partial charge >= 0.3 is 0 Å². The van der Waals surface area contributed by atoms with E-state index < -0.39 is 6.10 Å². The second kappa shape index (κ2) is 9.91. The van der Waals surface area contributed by atoms with Crippen molar-refractivity contribution in [2.24, 2.45) is 0 Å². The number of hydrogen-bond donors (Lipinski definition) is 2. The van der Waals surface area contributed by atoms with E-state index in [0.29, 0.717) is 19.8 Å². The first-order chi connectivity index (χ1) is 8.33. The number of nitrogens with one attached hydrogen (secondary N) is 1. The van der Waals surface area contributed by atoms with Crippen molar-refractivity contribution in [2.45, 2.75) is 19.1 Å². The van der Waals surface area contributed by atoms with Gasteiger partial charge in [-0.05, 0) is 36.4 Å². The molecule has 1 heterocycles. The molecule has 5 heteroatoms. The predicted octanol–water partition coefficient (Wildman–Crippen LogP) is 1.97. The van der Waals surface area contributed by atoms with Crippen molar-refractivity contribution in [3.05, 3.63) is 22.4 Å². The van der Waals surface area contributed by atoms with Gasteiger partial charge in [-0.2, -0.15) is 11.8 Å². The Hall–Kier alpha value is -0.0700. The molecule has 0 aliphatic heterocycles. The second-order valence-electron chi connectivity index (χ2n) is 3.80. The molecule has 0 aliphatic carbocycles. The van der Waals surface area contributed by atoms with Gasteiger partial charge < -0.3 is 15.2 Å². The molecule has 0 aliphatic rings. The number of thioether (sulfide) groups is 1. The van der Waals surface area contributed by atoms with Crippen LogP contribution in [0.3, 0.4) is 0 Å². The monoisotopic (exact) mass is 275 g/mol. The molecule has 0 radical (unpaired) electrons. The van der Waals surface area contributed by atoms with E-state index in [0.717, 1.165) is 18.7 Å². The zero-order valence-corrected chi connectivity index (χ0v) is 11.9. The van der Waals surface area contributed by atoms with E-state index in [-0.39, 0.29) is 0 Å². The Kier molecular flexibility index (Phi) is 8.74. The van der Waals surface area contributed by atoms with Gasteiger partial charge in [0.25, 0.3) is 0 Å². The van der Waals surface area contributed by atoms with Crippen LogP contribution in [0, 0.1) is 0 Å². The summed E-state index contributed by atoms with van der Waals surface area (Å²) in [7, 11) is 0. The number of aliphatic hydroxyl groups is 1. The standard InChI is InChI=1S/C12H21NO2S2/c1-16-6-3-5-13-8-11(14)9-15-10-12-4-2-7-17-12/h2,4,7,11,13-14H,3,5-6,8-10H2,1H3. The minimum absolute atomic E-state index is 0.396. The Balaban J connectivity index is 1.92. The van der Waals surface area contributed by atoms with Crippen molar-refractivity contribution in [2.75, 3.05) is 31.7 Å². The third-order valence-corrected chi connectivity index (χ3v) is 3.76. The molecule has 17 heavy (non-hydrogen) atoms. The zero-order valence-electron chi connectivity index (χ0n) is 10.2. The van der Waals surface area contributed by atoms with Gasteiger partial charge in [0.1, 0.15) is 0 Å². The first-order valence-corrected chi connectivity index (χ1v) is 8.08. The maximum atomic E-state index is 9.65. The summed E-state index contributed by atoms with van der Waals surface area (Å²) in [6.45, 7) is 2.57. The van der Waals surface area contributed by atoms with Crippen LogP contribution in [0.25, 0.3) is 0 Å². The molecule has 0 bridgehead atoms. The van der Waals surface area contributed by atoms with Crippen molar-refractivity contribution >= 4 is 23.1 Å². The van der Waals surface area contributed by atoms with E-state index >= 15 is 0 Å². The first-order valence-electron chi connectivity index (χ1n) is 5.80. The third kappa shape index (κ3) is 7.78. The highest BCUT2D eigenvalue weighted by atomic mass is 32.2. The molecule has 0 amide bonds.